The van der Waals surface area contributed by atoms with Gasteiger partial charge in [0.05, 0.1) is 16.7 Å². The second kappa shape index (κ2) is 10.2. The monoisotopic (exact) mass is 424 g/mol. The Bertz CT molecular complexity index is 832. The summed E-state index contributed by atoms with van der Waals surface area (Å²) in [6.45, 7) is 2.54. The van der Waals surface area contributed by atoms with E-state index in [2.05, 4.69) is 4.90 Å². The fourth-order valence-corrected chi connectivity index (χ4v) is 2.95. The molecule has 0 bridgehead atoms. The lowest BCUT2D eigenvalue weighted by Crippen LogP contribution is -2.39. The van der Waals surface area contributed by atoms with Gasteiger partial charge in [0.25, 0.3) is 0 Å². The number of benzene rings is 2. The summed E-state index contributed by atoms with van der Waals surface area (Å²) in [5, 5.41) is 17.0. The second-order valence-electron chi connectivity index (χ2n) is 7.00. The van der Waals surface area contributed by atoms with Gasteiger partial charge >= 0.3 is 18.1 Å². The van der Waals surface area contributed by atoms with Crippen molar-refractivity contribution in [2.45, 2.75) is 31.6 Å². The number of halogens is 3. The molecular weight excluding hydrogens is 401 g/mol. The number of alkyl halides is 3. The zero-order chi connectivity index (χ0) is 22.3. The van der Waals surface area contributed by atoms with E-state index in [-0.39, 0.29) is 17.2 Å². The van der Waals surface area contributed by atoms with Crippen molar-refractivity contribution >= 4 is 11.9 Å². The molecular formula is C21H23F3N2O4. The molecule has 0 spiro atoms. The first-order chi connectivity index (χ1) is 14.1. The average Bonchev–Trinajstić information content (AvgIpc) is 2.70. The van der Waals surface area contributed by atoms with Crippen molar-refractivity contribution in [3.63, 3.8) is 0 Å². The molecule has 4 N–H and O–H groups in total. The third-order valence-corrected chi connectivity index (χ3v) is 4.68. The zero-order valence-electron chi connectivity index (χ0n) is 16.1. The minimum atomic E-state index is -4.25. The highest BCUT2D eigenvalue weighted by molar-refractivity contribution is 5.93. The molecule has 0 unspecified atom stereocenters. The second-order valence-corrected chi connectivity index (χ2v) is 7.00. The maximum atomic E-state index is 12.4. The van der Waals surface area contributed by atoms with Crippen LogP contribution in [0.4, 0.5) is 13.2 Å². The van der Waals surface area contributed by atoms with Gasteiger partial charge in [-0.25, -0.2) is 9.59 Å². The Morgan fingerprint density at radius 1 is 0.967 bits per heavy atom. The van der Waals surface area contributed by atoms with Gasteiger partial charge in [-0.15, -0.1) is 0 Å². The molecule has 1 saturated heterocycles. The predicted octanol–water partition coefficient (Wildman–Crippen LogP) is 3.71. The van der Waals surface area contributed by atoms with E-state index in [1.165, 1.54) is 18.2 Å². The maximum absolute atomic E-state index is 12.4. The van der Waals surface area contributed by atoms with Gasteiger partial charge in [-0.2, -0.15) is 13.2 Å². The molecule has 3 rings (SSSR count). The molecule has 2 aromatic rings. The quantitative estimate of drug-likeness (QED) is 0.691. The van der Waals surface area contributed by atoms with Crippen LogP contribution < -0.4 is 5.73 Å². The van der Waals surface area contributed by atoms with Crippen LogP contribution in [0.5, 0.6) is 0 Å². The molecule has 2 aromatic carbocycles. The van der Waals surface area contributed by atoms with Gasteiger partial charge in [-0.1, -0.05) is 18.2 Å². The Hall–Kier alpha value is -2.91. The Morgan fingerprint density at radius 2 is 1.47 bits per heavy atom. The van der Waals surface area contributed by atoms with Crippen molar-refractivity contribution in [3.05, 3.63) is 70.8 Å². The highest BCUT2D eigenvalue weighted by atomic mass is 19.4. The molecule has 1 aliphatic rings. The van der Waals surface area contributed by atoms with Crippen molar-refractivity contribution in [1.82, 2.24) is 4.90 Å². The predicted molar refractivity (Wildman–Crippen MR) is 104 cm³/mol. The number of carboxylic acids is 2. The van der Waals surface area contributed by atoms with Gasteiger partial charge in [0.15, 0.2) is 0 Å². The Balaban J connectivity index is 0.000000232. The first-order valence-electron chi connectivity index (χ1n) is 9.27. The topological polar surface area (TPSA) is 104 Å². The van der Waals surface area contributed by atoms with Gasteiger partial charge in [0.1, 0.15) is 0 Å². The summed E-state index contributed by atoms with van der Waals surface area (Å²) in [6.07, 6.45) is -2.34. The van der Waals surface area contributed by atoms with E-state index in [4.69, 9.17) is 15.9 Å². The molecule has 1 aliphatic heterocycles. The van der Waals surface area contributed by atoms with E-state index in [0.717, 1.165) is 49.7 Å². The summed E-state index contributed by atoms with van der Waals surface area (Å²) in [7, 11) is 0. The van der Waals surface area contributed by atoms with Gasteiger partial charge in [0.2, 0.25) is 0 Å². The highest BCUT2D eigenvalue weighted by Gasteiger charge is 2.30. The van der Waals surface area contributed by atoms with Gasteiger partial charge in [0, 0.05) is 12.6 Å². The number of piperidine rings is 1. The highest BCUT2D eigenvalue weighted by Crippen LogP contribution is 2.29. The number of likely N-dealkylation sites (tertiary alicyclic amines) is 1. The van der Waals surface area contributed by atoms with Crippen LogP contribution in [0.1, 0.15) is 44.7 Å². The number of nitrogens with two attached hydrogens (primary N) is 1. The van der Waals surface area contributed by atoms with Crippen molar-refractivity contribution in [2.75, 3.05) is 13.1 Å². The van der Waals surface area contributed by atoms with E-state index in [1.807, 2.05) is 0 Å². The summed E-state index contributed by atoms with van der Waals surface area (Å²) in [5.74, 6) is -2.25. The fourth-order valence-electron chi connectivity index (χ4n) is 2.95. The number of carbonyl (C=O) groups is 2. The van der Waals surface area contributed by atoms with Crippen LogP contribution in [0.3, 0.4) is 0 Å². The van der Waals surface area contributed by atoms with E-state index in [9.17, 15) is 22.8 Å². The van der Waals surface area contributed by atoms with Crippen molar-refractivity contribution in [2.24, 2.45) is 5.73 Å². The molecule has 162 valence electrons. The molecule has 1 heterocycles. The summed E-state index contributed by atoms with van der Waals surface area (Å²) in [5.41, 5.74) is 6.09. The molecule has 6 nitrogen and oxygen atoms in total. The summed E-state index contributed by atoms with van der Waals surface area (Å²) >= 11 is 0. The Kier molecular flexibility index (Phi) is 7.96. The molecule has 0 radical (unpaired) electrons. The molecule has 0 atom stereocenters. The van der Waals surface area contributed by atoms with E-state index in [1.54, 1.807) is 12.1 Å². The van der Waals surface area contributed by atoms with E-state index >= 15 is 0 Å². The largest absolute Gasteiger partial charge is 0.478 e. The number of nitrogens with zero attached hydrogens (tertiary/aromatic N) is 1. The van der Waals surface area contributed by atoms with Crippen LogP contribution in [0.2, 0.25) is 0 Å². The average molecular weight is 424 g/mol. The number of hydrogen-bond donors (Lipinski definition) is 3. The van der Waals surface area contributed by atoms with E-state index < -0.39 is 23.7 Å². The normalized spacial score (nSPS) is 15.2. The van der Waals surface area contributed by atoms with Crippen LogP contribution in [-0.2, 0) is 12.7 Å². The lowest BCUT2D eigenvalue weighted by Gasteiger charge is -2.30. The summed E-state index contributed by atoms with van der Waals surface area (Å²) in [4.78, 5) is 23.0. The molecule has 9 heteroatoms. The lowest BCUT2D eigenvalue weighted by molar-refractivity contribution is -0.137. The van der Waals surface area contributed by atoms with Gasteiger partial charge < -0.3 is 15.9 Å². The van der Waals surface area contributed by atoms with Gasteiger partial charge in [-0.05, 0) is 61.8 Å². The number of rotatable bonds is 4. The summed E-state index contributed by atoms with van der Waals surface area (Å²) in [6, 6.07) is 10.9. The van der Waals surface area contributed by atoms with E-state index in [0.29, 0.717) is 6.54 Å². The Morgan fingerprint density at radius 3 is 1.90 bits per heavy atom. The molecule has 0 saturated carbocycles. The minimum Gasteiger partial charge on any atom is -0.478 e. The molecule has 0 amide bonds. The Labute approximate surface area is 171 Å². The smallest absolute Gasteiger partial charge is 0.416 e. The molecule has 1 fully saturated rings. The number of carboxylic acid groups (broad SMARTS) is 2. The first kappa shape index (κ1) is 23.4. The number of hydrogen-bond acceptors (Lipinski definition) is 4. The minimum absolute atomic E-state index is 0.0186. The molecule has 0 aromatic heterocycles. The van der Waals surface area contributed by atoms with Crippen molar-refractivity contribution in [1.29, 1.82) is 0 Å². The van der Waals surface area contributed by atoms with Crippen LogP contribution >= 0.6 is 0 Å². The SMILES string of the molecule is NC1CCN(Cc2ccc(C(F)(F)F)cc2)CC1.O=C(O)c1cccc(C(=O)O)c1. The molecule has 30 heavy (non-hydrogen) atoms. The van der Waals surface area contributed by atoms with Crippen molar-refractivity contribution < 1.29 is 33.0 Å². The zero-order valence-corrected chi connectivity index (χ0v) is 16.1. The third-order valence-electron chi connectivity index (χ3n) is 4.68. The number of aromatic carboxylic acids is 2. The van der Waals surface area contributed by atoms with Crippen LogP contribution in [0.15, 0.2) is 48.5 Å². The maximum Gasteiger partial charge on any atom is 0.416 e. The molecule has 0 aliphatic carbocycles. The third kappa shape index (κ3) is 7.16. The van der Waals surface area contributed by atoms with Gasteiger partial charge in [-0.3, -0.25) is 4.90 Å². The fraction of sp³-hybridized carbons (Fsp3) is 0.333. The first-order valence-corrected chi connectivity index (χ1v) is 9.27. The van der Waals surface area contributed by atoms with Crippen LogP contribution in [0.25, 0.3) is 0 Å². The lowest BCUT2D eigenvalue weighted by atomic mass is 10.0. The van der Waals surface area contributed by atoms with Crippen LogP contribution in [-0.4, -0.2) is 46.2 Å². The van der Waals surface area contributed by atoms with Crippen LogP contribution in [0, 0.1) is 0 Å². The standard InChI is InChI=1S/C13H17F3N2.C8H6O4/c14-13(15,16)11-3-1-10(2-4-11)9-18-7-5-12(17)6-8-18;9-7(10)5-2-1-3-6(4-5)8(11)12/h1-4,12H,5-9,17H2;1-4H,(H,9,10)(H,11,12). The summed E-state index contributed by atoms with van der Waals surface area (Å²) < 4.78 is 37.2. The van der Waals surface area contributed by atoms with Crippen molar-refractivity contribution in [3.8, 4) is 0 Å².